The highest BCUT2D eigenvalue weighted by molar-refractivity contribution is 5.94. The summed E-state index contributed by atoms with van der Waals surface area (Å²) in [4.78, 5) is 26.6. The van der Waals surface area contributed by atoms with E-state index in [0.717, 1.165) is 24.3 Å². The molecule has 2 amide bonds. The van der Waals surface area contributed by atoms with Crippen LogP contribution in [0.1, 0.15) is 61.7 Å². The van der Waals surface area contributed by atoms with E-state index in [-0.39, 0.29) is 11.8 Å². The van der Waals surface area contributed by atoms with Crippen LogP contribution < -0.4 is 5.32 Å². The number of nitrogens with one attached hydrogen (secondary N) is 1. The van der Waals surface area contributed by atoms with Crippen LogP contribution >= 0.6 is 0 Å². The summed E-state index contributed by atoms with van der Waals surface area (Å²) in [7, 11) is 1.98. The quantitative estimate of drug-likeness (QED) is 0.743. The van der Waals surface area contributed by atoms with Gasteiger partial charge < -0.3 is 10.2 Å². The van der Waals surface area contributed by atoms with E-state index in [0.29, 0.717) is 30.4 Å². The molecule has 0 aliphatic heterocycles. The van der Waals surface area contributed by atoms with Crippen molar-refractivity contribution in [3.63, 3.8) is 0 Å². The van der Waals surface area contributed by atoms with E-state index in [2.05, 4.69) is 5.32 Å². The first-order valence-corrected chi connectivity index (χ1v) is 10.6. The van der Waals surface area contributed by atoms with Crippen molar-refractivity contribution < 1.29 is 9.59 Å². The first-order chi connectivity index (χ1) is 13.0. The molecule has 4 nitrogen and oxygen atoms in total. The second kappa shape index (κ2) is 7.65. The average molecular weight is 369 g/mol. The maximum absolute atomic E-state index is 12.6. The molecule has 1 aromatic carbocycles. The minimum absolute atomic E-state index is 0.0648. The Bertz CT molecular complexity index is 650. The molecule has 146 valence electrons. The van der Waals surface area contributed by atoms with Gasteiger partial charge in [-0.3, -0.25) is 9.59 Å². The third-order valence-corrected chi connectivity index (χ3v) is 7.05. The zero-order valence-corrected chi connectivity index (χ0v) is 16.5. The lowest BCUT2D eigenvalue weighted by molar-refractivity contribution is -0.135. The average Bonchev–Trinajstić information content (AvgIpc) is 2.64. The fourth-order valence-corrected chi connectivity index (χ4v) is 6.40. The van der Waals surface area contributed by atoms with E-state index < -0.39 is 0 Å². The summed E-state index contributed by atoms with van der Waals surface area (Å²) in [6.45, 7) is 1.48. The summed E-state index contributed by atoms with van der Waals surface area (Å²) < 4.78 is 0. The fourth-order valence-electron chi connectivity index (χ4n) is 6.40. The Morgan fingerprint density at radius 1 is 1.04 bits per heavy atom. The lowest BCUT2D eigenvalue weighted by Gasteiger charge is -2.57. The standard InChI is InChI=1S/C23H32N2O2/c1-25(16-23-13-17-10-18(14-23)12-19(11-17)15-23)21(26)8-5-9-24-22(27)20-6-3-2-4-7-20/h2-4,6-7,17-19H,5,8-16H2,1H3,(H,24,27). The second-order valence-corrected chi connectivity index (χ2v) is 9.39. The third-order valence-electron chi connectivity index (χ3n) is 7.05. The molecule has 1 aromatic rings. The van der Waals surface area contributed by atoms with Crippen LogP contribution in [0.5, 0.6) is 0 Å². The van der Waals surface area contributed by atoms with Crippen LogP contribution in [0, 0.1) is 23.2 Å². The summed E-state index contributed by atoms with van der Waals surface area (Å²) in [6.07, 6.45) is 9.55. The third kappa shape index (κ3) is 4.20. The van der Waals surface area contributed by atoms with E-state index >= 15 is 0 Å². The maximum atomic E-state index is 12.6. The van der Waals surface area contributed by atoms with Crippen LogP contribution in [0.4, 0.5) is 0 Å². The topological polar surface area (TPSA) is 49.4 Å². The Morgan fingerprint density at radius 2 is 1.63 bits per heavy atom. The number of hydrogen-bond donors (Lipinski definition) is 1. The van der Waals surface area contributed by atoms with Crippen LogP contribution in [0.25, 0.3) is 0 Å². The molecule has 5 rings (SSSR count). The van der Waals surface area contributed by atoms with Gasteiger partial charge in [0.1, 0.15) is 0 Å². The predicted molar refractivity (Wildman–Crippen MR) is 106 cm³/mol. The highest BCUT2D eigenvalue weighted by Gasteiger charge is 2.51. The first kappa shape index (κ1) is 18.5. The molecule has 4 aliphatic carbocycles. The smallest absolute Gasteiger partial charge is 0.251 e. The van der Waals surface area contributed by atoms with Gasteiger partial charge in [0, 0.05) is 32.1 Å². The summed E-state index contributed by atoms with van der Waals surface area (Å²) in [5, 5.41) is 2.91. The summed E-state index contributed by atoms with van der Waals surface area (Å²) >= 11 is 0. The lowest BCUT2D eigenvalue weighted by Crippen LogP contribution is -2.51. The number of rotatable bonds is 7. The molecule has 4 saturated carbocycles. The Hall–Kier alpha value is -1.84. The van der Waals surface area contributed by atoms with Crippen molar-refractivity contribution in [2.45, 2.75) is 51.4 Å². The van der Waals surface area contributed by atoms with E-state index in [1.807, 2.05) is 30.1 Å². The zero-order chi connectivity index (χ0) is 18.9. The second-order valence-electron chi connectivity index (χ2n) is 9.39. The summed E-state index contributed by atoms with van der Waals surface area (Å²) in [5.74, 6) is 2.93. The molecule has 1 N–H and O–H groups in total. The van der Waals surface area contributed by atoms with E-state index in [1.54, 1.807) is 12.1 Å². The molecule has 0 spiro atoms. The van der Waals surface area contributed by atoms with Gasteiger partial charge in [-0.2, -0.15) is 0 Å². The fraction of sp³-hybridized carbons (Fsp3) is 0.652. The highest BCUT2D eigenvalue weighted by atomic mass is 16.2. The molecule has 27 heavy (non-hydrogen) atoms. The Kier molecular flexibility index (Phi) is 5.25. The van der Waals surface area contributed by atoms with Crippen LogP contribution in [-0.2, 0) is 4.79 Å². The van der Waals surface area contributed by atoms with Gasteiger partial charge in [0.25, 0.3) is 5.91 Å². The molecule has 4 heteroatoms. The monoisotopic (exact) mass is 368 g/mol. The maximum Gasteiger partial charge on any atom is 0.251 e. The van der Waals surface area contributed by atoms with E-state index in [4.69, 9.17) is 0 Å². The van der Waals surface area contributed by atoms with E-state index in [9.17, 15) is 9.59 Å². The van der Waals surface area contributed by atoms with Crippen molar-refractivity contribution in [1.82, 2.24) is 10.2 Å². The SMILES string of the molecule is CN(CC12CC3CC(CC(C3)C1)C2)C(=O)CCCNC(=O)c1ccccc1. The largest absolute Gasteiger partial charge is 0.352 e. The van der Waals surface area contributed by atoms with Gasteiger partial charge in [-0.1, -0.05) is 18.2 Å². The molecule has 0 atom stereocenters. The number of hydrogen-bond acceptors (Lipinski definition) is 2. The van der Waals surface area contributed by atoms with Crippen molar-refractivity contribution in [2.24, 2.45) is 23.2 Å². The Balaban J connectivity index is 1.20. The van der Waals surface area contributed by atoms with Gasteiger partial charge in [-0.05, 0) is 80.2 Å². The van der Waals surface area contributed by atoms with Gasteiger partial charge in [0.05, 0.1) is 0 Å². The summed E-state index contributed by atoms with van der Waals surface area (Å²) in [5.41, 5.74) is 1.07. The minimum atomic E-state index is -0.0648. The molecule has 0 radical (unpaired) electrons. The molecule has 0 heterocycles. The lowest BCUT2D eigenvalue weighted by atomic mass is 9.49. The normalized spacial score (nSPS) is 30.9. The van der Waals surface area contributed by atoms with Gasteiger partial charge in [0.2, 0.25) is 5.91 Å². The molecule has 4 bridgehead atoms. The van der Waals surface area contributed by atoms with Gasteiger partial charge in [-0.15, -0.1) is 0 Å². The molecular formula is C23H32N2O2. The van der Waals surface area contributed by atoms with Gasteiger partial charge in [0.15, 0.2) is 0 Å². The van der Waals surface area contributed by atoms with Crippen molar-refractivity contribution in [2.75, 3.05) is 20.1 Å². The van der Waals surface area contributed by atoms with Gasteiger partial charge in [-0.25, -0.2) is 0 Å². The van der Waals surface area contributed by atoms with Gasteiger partial charge >= 0.3 is 0 Å². The molecule has 0 unspecified atom stereocenters. The van der Waals surface area contributed by atoms with Crippen LogP contribution in [0.15, 0.2) is 30.3 Å². The van der Waals surface area contributed by atoms with E-state index in [1.165, 1.54) is 38.5 Å². The van der Waals surface area contributed by atoms with Crippen LogP contribution in [0.3, 0.4) is 0 Å². The molecule has 0 saturated heterocycles. The van der Waals surface area contributed by atoms with Crippen LogP contribution in [0.2, 0.25) is 0 Å². The number of benzene rings is 1. The van der Waals surface area contributed by atoms with Crippen LogP contribution in [-0.4, -0.2) is 36.9 Å². The minimum Gasteiger partial charge on any atom is -0.352 e. The molecule has 4 aliphatic rings. The number of amides is 2. The number of carbonyl (C=O) groups excluding carboxylic acids is 2. The highest BCUT2D eigenvalue weighted by Crippen LogP contribution is 2.60. The zero-order valence-electron chi connectivity index (χ0n) is 16.5. The Morgan fingerprint density at radius 3 is 2.22 bits per heavy atom. The van der Waals surface area contributed by atoms with Crippen molar-refractivity contribution in [3.8, 4) is 0 Å². The first-order valence-electron chi connectivity index (χ1n) is 10.6. The molecule has 4 fully saturated rings. The number of nitrogens with zero attached hydrogens (tertiary/aromatic N) is 1. The molecule has 0 aromatic heterocycles. The predicted octanol–water partition coefficient (Wildman–Crippen LogP) is 3.87. The number of carbonyl (C=O) groups is 2. The van der Waals surface area contributed by atoms with Crippen molar-refractivity contribution >= 4 is 11.8 Å². The van der Waals surface area contributed by atoms with Crippen molar-refractivity contribution in [3.05, 3.63) is 35.9 Å². The Labute approximate surface area is 162 Å². The summed E-state index contributed by atoms with van der Waals surface area (Å²) in [6, 6.07) is 9.23. The molecular weight excluding hydrogens is 336 g/mol. The van der Waals surface area contributed by atoms with Crippen molar-refractivity contribution in [1.29, 1.82) is 0 Å².